The second-order valence-electron chi connectivity index (χ2n) is 5.53. The SMILES string of the molecule is O[C-]1C2CCCCC2C2CCCCC12.[W]. The van der Waals surface area contributed by atoms with Crippen molar-refractivity contribution in [3.05, 3.63) is 6.10 Å². The summed E-state index contributed by atoms with van der Waals surface area (Å²) >= 11 is 0. The molecule has 4 unspecified atom stereocenters. The first-order chi connectivity index (χ1) is 6.88. The third-order valence-corrected chi connectivity index (χ3v) is 4.95. The average molecular weight is 377 g/mol. The Bertz CT molecular complexity index is 197. The maximum absolute atomic E-state index is 10.2. The van der Waals surface area contributed by atoms with Gasteiger partial charge in [-0.1, -0.05) is 63.2 Å². The topological polar surface area (TPSA) is 20.2 Å². The van der Waals surface area contributed by atoms with Gasteiger partial charge in [-0.15, -0.1) is 11.8 Å². The Kier molecular flexibility index (Phi) is 3.94. The van der Waals surface area contributed by atoms with Gasteiger partial charge < -0.3 is 5.11 Å². The van der Waals surface area contributed by atoms with Crippen LogP contribution in [-0.4, -0.2) is 5.11 Å². The third kappa shape index (κ3) is 1.95. The standard InChI is InChI=1S/C13H21O.W/c14-13-11-7-3-1-5-9(11)10-6-2-4-8-12(10)13;/h9-12,14H,1-8H2;/q-1;. The van der Waals surface area contributed by atoms with Crippen molar-refractivity contribution >= 4 is 0 Å². The number of aliphatic hydroxyl groups is 1. The molecule has 0 spiro atoms. The monoisotopic (exact) mass is 377 g/mol. The number of hydrogen-bond acceptors (Lipinski definition) is 1. The molecule has 15 heavy (non-hydrogen) atoms. The van der Waals surface area contributed by atoms with Crippen molar-refractivity contribution in [3.63, 3.8) is 0 Å². The van der Waals surface area contributed by atoms with Crippen LogP contribution in [0.2, 0.25) is 0 Å². The van der Waals surface area contributed by atoms with Crippen LogP contribution in [-0.2, 0) is 21.1 Å². The molecule has 2 heteroatoms. The van der Waals surface area contributed by atoms with Crippen LogP contribution >= 0.6 is 0 Å². The van der Waals surface area contributed by atoms with E-state index in [1.807, 2.05) is 0 Å². The van der Waals surface area contributed by atoms with Crippen molar-refractivity contribution in [3.8, 4) is 0 Å². The smallest absolute Gasteiger partial charge is 0 e. The minimum atomic E-state index is 0. The van der Waals surface area contributed by atoms with Crippen LogP contribution in [0.4, 0.5) is 0 Å². The fourth-order valence-electron chi connectivity index (χ4n) is 4.35. The molecule has 0 saturated heterocycles. The second-order valence-corrected chi connectivity index (χ2v) is 5.53. The normalized spacial score (nSPS) is 45.4. The van der Waals surface area contributed by atoms with E-state index in [4.69, 9.17) is 0 Å². The van der Waals surface area contributed by atoms with Crippen LogP contribution in [0.25, 0.3) is 0 Å². The molecule has 0 amide bonds. The maximum Gasteiger partial charge on any atom is 0 e. The van der Waals surface area contributed by atoms with Gasteiger partial charge in [0.2, 0.25) is 0 Å². The van der Waals surface area contributed by atoms with Crippen molar-refractivity contribution in [2.24, 2.45) is 23.7 Å². The zero-order valence-electron chi connectivity index (χ0n) is 9.32. The average Bonchev–Trinajstić information content (AvgIpc) is 2.55. The van der Waals surface area contributed by atoms with Gasteiger partial charge in [0.05, 0.1) is 0 Å². The van der Waals surface area contributed by atoms with Crippen LogP contribution in [0.5, 0.6) is 0 Å². The Morgan fingerprint density at radius 1 is 0.733 bits per heavy atom. The van der Waals surface area contributed by atoms with Gasteiger partial charge in [-0.25, -0.2) is 0 Å². The number of hydrogen-bond donors (Lipinski definition) is 1. The van der Waals surface area contributed by atoms with Crippen molar-refractivity contribution in [1.82, 2.24) is 0 Å². The molecule has 4 atom stereocenters. The molecule has 86 valence electrons. The van der Waals surface area contributed by atoms with E-state index in [-0.39, 0.29) is 21.1 Å². The zero-order valence-corrected chi connectivity index (χ0v) is 12.3. The summed E-state index contributed by atoms with van der Waals surface area (Å²) in [5.41, 5.74) is 0. The quantitative estimate of drug-likeness (QED) is 0.641. The third-order valence-electron chi connectivity index (χ3n) is 4.95. The fourth-order valence-corrected chi connectivity index (χ4v) is 4.35. The molecule has 1 N–H and O–H groups in total. The minimum absolute atomic E-state index is 0. The second kappa shape index (κ2) is 4.88. The summed E-state index contributed by atoms with van der Waals surface area (Å²) in [6.07, 6.45) is 11.8. The van der Waals surface area contributed by atoms with Gasteiger partial charge in [-0.2, -0.15) is 6.10 Å². The Morgan fingerprint density at radius 2 is 1.13 bits per heavy atom. The molecular formula is C13H21OW-. The van der Waals surface area contributed by atoms with Gasteiger partial charge in [0.1, 0.15) is 0 Å². The maximum atomic E-state index is 10.2. The Morgan fingerprint density at radius 3 is 1.60 bits per heavy atom. The number of aliphatic hydroxyl groups excluding tert-OH is 1. The summed E-state index contributed by atoms with van der Waals surface area (Å²) < 4.78 is 0. The molecule has 3 aliphatic rings. The van der Waals surface area contributed by atoms with Crippen molar-refractivity contribution in [2.45, 2.75) is 51.4 Å². The fraction of sp³-hybridized carbons (Fsp3) is 0.923. The Labute approximate surface area is 107 Å². The van der Waals surface area contributed by atoms with Gasteiger partial charge in [0.25, 0.3) is 0 Å². The number of fused-ring (bicyclic) bond motifs is 3. The summed E-state index contributed by atoms with van der Waals surface area (Å²) in [7, 11) is 0. The van der Waals surface area contributed by atoms with Gasteiger partial charge in [0.15, 0.2) is 0 Å². The van der Waals surface area contributed by atoms with Crippen molar-refractivity contribution in [1.29, 1.82) is 0 Å². The van der Waals surface area contributed by atoms with E-state index in [1.165, 1.54) is 51.4 Å². The summed E-state index contributed by atoms with van der Waals surface area (Å²) in [5.74, 6) is 2.96. The molecular weight excluding hydrogens is 356 g/mol. The molecule has 3 rings (SSSR count). The molecule has 0 aromatic rings. The predicted octanol–water partition coefficient (Wildman–Crippen LogP) is 3.51. The summed E-state index contributed by atoms with van der Waals surface area (Å²) in [6, 6.07) is 0. The molecule has 0 bridgehead atoms. The first-order valence-electron chi connectivity index (χ1n) is 6.43. The van der Waals surface area contributed by atoms with Gasteiger partial charge in [0, 0.05) is 21.1 Å². The van der Waals surface area contributed by atoms with E-state index < -0.39 is 0 Å². The summed E-state index contributed by atoms with van der Waals surface area (Å²) in [6.45, 7) is 0. The zero-order chi connectivity index (χ0) is 9.54. The van der Waals surface area contributed by atoms with E-state index in [1.54, 1.807) is 0 Å². The molecule has 3 saturated carbocycles. The van der Waals surface area contributed by atoms with E-state index in [9.17, 15) is 5.11 Å². The van der Waals surface area contributed by atoms with Crippen molar-refractivity contribution < 1.29 is 26.2 Å². The molecule has 0 radical (unpaired) electrons. The van der Waals surface area contributed by atoms with Crippen molar-refractivity contribution in [2.75, 3.05) is 0 Å². The van der Waals surface area contributed by atoms with Crippen LogP contribution in [0, 0.1) is 29.8 Å². The molecule has 0 aliphatic heterocycles. The summed E-state index contributed by atoms with van der Waals surface area (Å²) in [5, 5.41) is 10.2. The van der Waals surface area contributed by atoms with Crippen LogP contribution < -0.4 is 0 Å². The van der Waals surface area contributed by atoms with Crippen LogP contribution in [0.1, 0.15) is 51.4 Å². The minimum Gasteiger partial charge on any atom is -0.562 e. The van der Waals surface area contributed by atoms with Gasteiger partial charge in [-0.05, 0) is 0 Å². The Balaban J connectivity index is 0.000000853. The Hall–Kier alpha value is 0.648. The molecule has 1 nitrogen and oxygen atoms in total. The van der Waals surface area contributed by atoms with Crippen LogP contribution in [0.3, 0.4) is 0 Å². The first-order valence-corrected chi connectivity index (χ1v) is 6.43. The molecule has 3 fully saturated rings. The van der Waals surface area contributed by atoms with E-state index >= 15 is 0 Å². The van der Waals surface area contributed by atoms with Gasteiger partial charge in [-0.3, -0.25) is 0 Å². The summed E-state index contributed by atoms with van der Waals surface area (Å²) in [4.78, 5) is 0. The van der Waals surface area contributed by atoms with E-state index in [0.717, 1.165) is 17.9 Å². The van der Waals surface area contributed by atoms with E-state index in [0.29, 0.717) is 11.8 Å². The first kappa shape index (κ1) is 12.1. The van der Waals surface area contributed by atoms with Gasteiger partial charge >= 0.3 is 0 Å². The number of rotatable bonds is 0. The molecule has 0 aromatic heterocycles. The van der Waals surface area contributed by atoms with E-state index in [2.05, 4.69) is 0 Å². The predicted molar refractivity (Wildman–Crippen MR) is 56.1 cm³/mol. The molecule has 3 aliphatic carbocycles. The van der Waals surface area contributed by atoms with Crippen LogP contribution in [0.15, 0.2) is 0 Å². The largest absolute Gasteiger partial charge is 0.562 e. The molecule has 0 aromatic carbocycles. The molecule has 0 heterocycles.